The van der Waals surface area contributed by atoms with Crippen LogP contribution in [0.1, 0.15) is 29.8 Å². The van der Waals surface area contributed by atoms with Crippen LogP contribution < -0.4 is 10.2 Å². The van der Waals surface area contributed by atoms with Crippen LogP contribution in [-0.4, -0.2) is 40.7 Å². The van der Waals surface area contributed by atoms with Gasteiger partial charge in [0, 0.05) is 30.3 Å². The van der Waals surface area contributed by atoms with Crippen LogP contribution in [0.25, 0.3) is 11.8 Å². The molecule has 0 unspecified atom stereocenters. The number of aryl methyl sites for hydroxylation is 1. The zero-order valence-corrected chi connectivity index (χ0v) is 19.5. The Morgan fingerprint density at radius 3 is 2.60 bits per heavy atom. The first kappa shape index (κ1) is 23.9. The topological polar surface area (TPSA) is 93.5 Å². The van der Waals surface area contributed by atoms with Crippen molar-refractivity contribution >= 4 is 35.2 Å². The van der Waals surface area contributed by atoms with E-state index in [1.54, 1.807) is 59.0 Å². The monoisotopic (exact) mass is 476 g/mol. The lowest BCUT2D eigenvalue weighted by Gasteiger charge is -2.19. The van der Waals surface area contributed by atoms with E-state index in [9.17, 15) is 18.8 Å². The van der Waals surface area contributed by atoms with Crippen LogP contribution in [0, 0.1) is 19.7 Å². The minimum absolute atomic E-state index is 0.0107. The number of hydrogen-bond donors (Lipinski definition) is 1. The summed E-state index contributed by atoms with van der Waals surface area (Å²) in [6, 6.07) is 13.0. The van der Waals surface area contributed by atoms with Crippen LogP contribution in [0.3, 0.4) is 0 Å². The van der Waals surface area contributed by atoms with Gasteiger partial charge in [0.15, 0.2) is 6.61 Å². The highest BCUT2D eigenvalue weighted by atomic mass is 19.1. The van der Waals surface area contributed by atoms with Crippen molar-refractivity contribution in [2.75, 3.05) is 23.4 Å². The summed E-state index contributed by atoms with van der Waals surface area (Å²) in [5, 5.41) is 7.16. The quantitative estimate of drug-likeness (QED) is 0.412. The predicted molar refractivity (Wildman–Crippen MR) is 130 cm³/mol. The SMILES string of the molecule is Cc1nn(-c2ccc(F)cc2)c(C)c1/C=C/C(=O)OCC(=O)Nc1ccccc1N1CCCC1=O. The summed E-state index contributed by atoms with van der Waals surface area (Å²) in [4.78, 5) is 38.3. The largest absolute Gasteiger partial charge is 0.452 e. The van der Waals surface area contributed by atoms with Crippen molar-refractivity contribution in [3.63, 3.8) is 0 Å². The minimum atomic E-state index is -0.684. The molecule has 9 heteroatoms. The van der Waals surface area contributed by atoms with Gasteiger partial charge in [-0.15, -0.1) is 0 Å². The number of anilines is 2. The first-order valence-electron chi connectivity index (χ1n) is 11.2. The summed E-state index contributed by atoms with van der Waals surface area (Å²) < 4.78 is 20.0. The Hall–Kier alpha value is -4.27. The van der Waals surface area contributed by atoms with Crippen molar-refractivity contribution in [2.45, 2.75) is 26.7 Å². The first-order chi connectivity index (χ1) is 16.8. The number of aromatic nitrogens is 2. The third kappa shape index (κ3) is 5.46. The molecule has 0 bridgehead atoms. The predicted octanol–water partition coefficient (Wildman–Crippen LogP) is 3.95. The van der Waals surface area contributed by atoms with Crippen molar-refractivity contribution in [3.8, 4) is 5.69 Å². The van der Waals surface area contributed by atoms with Gasteiger partial charge in [0.05, 0.1) is 22.8 Å². The number of carbonyl (C=O) groups is 3. The molecule has 2 heterocycles. The lowest BCUT2D eigenvalue weighted by atomic mass is 10.2. The molecule has 1 fully saturated rings. The number of esters is 1. The summed E-state index contributed by atoms with van der Waals surface area (Å²) in [6.07, 6.45) is 4.06. The van der Waals surface area contributed by atoms with E-state index < -0.39 is 18.5 Å². The molecule has 0 saturated carbocycles. The van der Waals surface area contributed by atoms with Crippen molar-refractivity contribution in [1.82, 2.24) is 9.78 Å². The van der Waals surface area contributed by atoms with E-state index in [1.807, 2.05) is 6.92 Å². The third-order valence-corrected chi connectivity index (χ3v) is 5.69. The second-order valence-corrected chi connectivity index (χ2v) is 8.13. The third-order valence-electron chi connectivity index (χ3n) is 5.69. The van der Waals surface area contributed by atoms with E-state index in [0.717, 1.165) is 17.7 Å². The van der Waals surface area contributed by atoms with Crippen molar-refractivity contribution in [2.24, 2.45) is 0 Å². The summed E-state index contributed by atoms with van der Waals surface area (Å²) in [7, 11) is 0. The molecule has 1 aliphatic rings. The molecular weight excluding hydrogens is 451 g/mol. The number of carbonyl (C=O) groups excluding carboxylic acids is 3. The van der Waals surface area contributed by atoms with Gasteiger partial charge in [-0.25, -0.2) is 13.9 Å². The summed E-state index contributed by atoms with van der Waals surface area (Å²) in [5.41, 5.74) is 3.98. The second kappa shape index (κ2) is 10.3. The van der Waals surface area contributed by atoms with E-state index in [2.05, 4.69) is 10.4 Å². The molecule has 4 rings (SSSR count). The van der Waals surface area contributed by atoms with Gasteiger partial charge in [-0.1, -0.05) is 12.1 Å². The first-order valence-corrected chi connectivity index (χ1v) is 11.2. The Morgan fingerprint density at radius 2 is 1.89 bits per heavy atom. The highest BCUT2D eigenvalue weighted by Gasteiger charge is 2.24. The van der Waals surface area contributed by atoms with E-state index in [0.29, 0.717) is 35.7 Å². The molecule has 3 aromatic rings. The van der Waals surface area contributed by atoms with Gasteiger partial charge in [0.2, 0.25) is 5.91 Å². The van der Waals surface area contributed by atoms with Gasteiger partial charge < -0.3 is 15.0 Å². The summed E-state index contributed by atoms with van der Waals surface area (Å²) in [6.45, 7) is 3.76. The van der Waals surface area contributed by atoms with E-state index >= 15 is 0 Å². The molecule has 0 atom stereocenters. The van der Waals surface area contributed by atoms with Gasteiger partial charge in [0.1, 0.15) is 5.82 Å². The molecular formula is C26H25FN4O4. The van der Waals surface area contributed by atoms with Gasteiger partial charge in [-0.3, -0.25) is 9.59 Å². The number of nitrogens with one attached hydrogen (secondary N) is 1. The zero-order valence-electron chi connectivity index (χ0n) is 19.5. The van der Waals surface area contributed by atoms with Crippen molar-refractivity contribution < 1.29 is 23.5 Å². The van der Waals surface area contributed by atoms with E-state index in [-0.39, 0.29) is 11.7 Å². The molecule has 1 aliphatic heterocycles. The fraction of sp³-hybridized carbons (Fsp3) is 0.231. The maximum absolute atomic E-state index is 13.2. The smallest absolute Gasteiger partial charge is 0.331 e. The van der Waals surface area contributed by atoms with Gasteiger partial charge >= 0.3 is 5.97 Å². The molecule has 35 heavy (non-hydrogen) atoms. The summed E-state index contributed by atoms with van der Waals surface area (Å²) >= 11 is 0. The van der Waals surface area contributed by atoms with Crippen LogP contribution in [0.2, 0.25) is 0 Å². The van der Waals surface area contributed by atoms with Gasteiger partial charge in [-0.05, 0) is 62.7 Å². The Balaban J connectivity index is 1.36. The van der Waals surface area contributed by atoms with Gasteiger partial charge in [0.25, 0.3) is 5.91 Å². The fourth-order valence-corrected chi connectivity index (χ4v) is 3.97. The molecule has 1 aromatic heterocycles. The lowest BCUT2D eigenvalue weighted by molar-refractivity contribution is -0.142. The molecule has 180 valence electrons. The normalized spacial score (nSPS) is 13.5. The Morgan fingerprint density at radius 1 is 1.14 bits per heavy atom. The van der Waals surface area contributed by atoms with E-state index in [1.165, 1.54) is 18.2 Å². The number of ether oxygens (including phenoxy) is 1. The molecule has 1 N–H and O–H groups in total. The Kier molecular flexibility index (Phi) is 7.05. The van der Waals surface area contributed by atoms with Crippen molar-refractivity contribution in [1.29, 1.82) is 0 Å². The number of benzene rings is 2. The maximum Gasteiger partial charge on any atom is 0.331 e. The maximum atomic E-state index is 13.2. The number of amides is 2. The van der Waals surface area contributed by atoms with Gasteiger partial charge in [-0.2, -0.15) is 5.10 Å². The average Bonchev–Trinajstić information content (AvgIpc) is 3.39. The highest BCUT2D eigenvalue weighted by Crippen LogP contribution is 2.29. The molecule has 0 radical (unpaired) electrons. The molecule has 1 saturated heterocycles. The second-order valence-electron chi connectivity index (χ2n) is 8.13. The average molecular weight is 477 g/mol. The minimum Gasteiger partial charge on any atom is -0.452 e. The zero-order chi connectivity index (χ0) is 24.9. The van der Waals surface area contributed by atoms with Crippen LogP contribution in [-0.2, 0) is 19.1 Å². The Bertz CT molecular complexity index is 1300. The standard InChI is InChI=1S/C26H25FN4O4/c1-17-21(18(2)31(29-17)20-11-9-19(27)10-12-20)13-14-26(34)35-16-24(32)28-22-6-3-4-7-23(22)30-15-5-8-25(30)33/h3-4,6-7,9-14H,5,8,15-16H2,1-2H3,(H,28,32)/b14-13+. The summed E-state index contributed by atoms with van der Waals surface area (Å²) in [5.74, 6) is -1.52. The number of rotatable bonds is 7. The van der Waals surface area contributed by atoms with E-state index in [4.69, 9.17) is 4.74 Å². The van der Waals surface area contributed by atoms with Crippen molar-refractivity contribution in [3.05, 3.63) is 77.4 Å². The molecule has 0 aliphatic carbocycles. The molecule has 8 nitrogen and oxygen atoms in total. The Labute approximate surface area is 202 Å². The van der Waals surface area contributed by atoms with Crippen LogP contribution >= 0.6 is 0 Å². The number of hydrogen-bond acceptors (Lipinski definition) is 5. The lowest BCUT2D eigenvalue weighted by Crippen LogP contribution is -2.26. The number of halogens is 1. The molecule has 2 aromatic carbocycles. The molecule has 2 amide bonds. The number of nitrogens with zero attached hydrogens (tertiary/aromatic N) is 3. The van der Waals surface area contributed by atoms with Crippen LogP contribution in [0.4, 0.5) is 15.8 Å². The number of para-hydroxylation sites is 2. The van der Waals surface area contributed by atoms with Crippen LogP contribution in [0.15, 0.2) is 54.6 Å². The van der Waals surface area contributed by atoms with Crippen LogP contribution in [0.5, 0.6) is 0 Å². The fourth-order valence-electron chi connectivity index (χ4n) is 3.97. The highest BCUT2D eigenvalue weighted by molar-refractivity contribution is 6.02. The molecule has 0 spiro atoms.